The summed E-state index contributed by atoms with van der Waals surface area (Å²) in [5.41, 5.74) is 0.493. The molecule has 0 saturated heterocycles. The van der Waals surface area contributed by atoms with Gasteiger partial charge in [-0.1, -0.05) is 6.92 Å². The first-order valence-electron chi connectivity index (χ1n) is 6.87. The molecule has 0 radical (unpaired) electrons. The molecule has 0 bridgehead atoms. The van der Waals surface area contributed by atoms with E-state index in [9.17, 15) is 9.59 Å². The molecule has 2 heterocycles. The third kappa shape index (κ3) is 2.57. The molecule has 0 aliphatic heterocycles. The minimum absolute atomic E-state index is 0.0431. The van der Waals surface area contributed by atoms with Crippen LogP contribution in [0.1, 0.15) is 37.6 Å². The molecule has 2 rings (SSSR count). The highest BCUT2D eigenvalue weighted by molar-refractivity contribution is 5.97. The summed E-state index contributed by atoms with van der Waals surface area (Å²) in [4.78, 5) is 28.8. The van der Waals surface area contributed by atoms with Gasteiger partial charge >= 0.3 is 0 Å². The first-order chi connectivity index (χ1) is 9.58. The van der Waals surface area contributed by atoms with Gasteiger partial charge in [0.2, 0.25) is 0 Å². The highest BCUT2D eigenvalue weighted by Gasteiger charge is 2.16. The monoisotopic (exact) mass is 273 g/mol. The summed E-state index contributed by atoms with van der Waals surface area (Å²) in [7, 11) is 0. The van der Waals surface area contributed by atoms with Crippen molar-refractivity contribution in [2.45, 2.75) is 39.8 Å². The van der Waals surface area contributed by atoms with Gasteiger partial charge < -0.3 is 5.32 Å². The number of aryl methyl sites for hydroxylation is 1. The van der Waals surface area contributed by atoms with Crippen molar-refractivity contribution in [3.05, 3.63) is 40.3 Å². The van der Waals surface area contributed by atoms with Gasteiger partial charge in [0.1, 0.15) is 11.2 Å². The summed E-state index contributed by atoms with van der Waals surface area (Å²) < 4.78 is 1.53. The summed E-state index contributed by atoms with van der Waals surface area (Å²) in [6.45, 7) is 6.25. The van der Waals surface area contributed by atoms with Crippen molar-refractivity contribution in [2.75, 3.05) is 0 Å². The number of hydrogen-bond acceptors (Lipinski definition) is 3. The van der Waals surface area contributed by atoms with E-state index in [0.717, 1.165) is 11.8 Å². The standard InChI is InChI=1S/C15H19N3O2/c1-4-10(3)17-14(19)12-9-11-7-6-8-16-13(11)18(5-2)15(12)20/h6-10H,4-5H2,1-3H3,(H,17,19)/t10-/m1/s1. The summed E-state index contributed by atoms with van der Waals surface area (Å²) in [6, 6.07) is 5.31. The molecule has 106 valence electrons. The lowest BCUT2D eigenvalue weighted by atomic mass is 10.1. The minimum atomic E-state index is -0.322. The highest BCUT2D eigenvalue weighted by Crippen LogP contribution is 2.11. The van der Waals surface area contributed by atoms with E-state index in [-0.39, 0.29) is 23.1 Å². The number of hydrogen-bond donors (Lipinski definition) is 1. The van der Waals surface area contributed by atoms with E-state index in [1.807, 2.05) is 26.8 Å². The molecule has 0 unspecified atom stereocenters. The van der Waals surface area contributed by atoms with Gasteiger partial charge in [0, 0.05) is 24.2 Å². The highest BCUT2D eigenvalue weighted by atomic mass is 16.2. The van der Waals surface area contributed by atoms with E-state index >= 15 is 0 Å². The molecule has 2 aromatic rings. The van der Waals surface area contributed by atoms with Crippen LogP contribution in [0.25, 0.3) is 11.0 Å². The van der Waals surface area contributed by atoms with Crippen LogP contribution in [-0.4, -0.2) is 21.5 Å². The maximum absolute atomic E-state index is 12.4. The van der Waals surface area contributed by atoms with Crippen molar-refractivity contribution in [1.29, 1.82) is 0 Å². The topological polar surface area (TPSA) is 64.0 Å². The summed E-state index contributed by atoms with van der Waals surface area (Å²) in [5, 5.41) is 3.62. The zero-order valence-corrected chi connectivity index (χ0v) is 12.0. The zero-order chi connectivity index (χ0) is 14.7. The molecular weight excluding hydrogens is 254 g/mol. The van der Waals surface area contributed by atoms with E-state index in [1.54, 1.807) is 18.3 Å². The quantitative estimate of drug-likeness (QED) is 0.926. The Morgan fingerprint density at radius 2 is 2.20 bits per heavy atom. The summed E-state index contributed by atoms with van der Waals surface area (Å²) in [5.74, 6) is -0.322. The summed E-state index contributed by atoms with van der Waals surface area (Å²) >= 11 is 0. The fourth-order valence-corrected chi connectivity index (χ4v) is 2.07. The number of nitrogens with one attached hydrogen (secondary N) is 1. The lowest BCUT2D eigenvalue weighted by molar-refractivity contribution is 0.0937. The third-order valence-corrected chi connectivity index (χ3v) is 3.40. The van der Waals surface area contributed by atoms with Crippen LogP contribution >= 0.6 is 0 Å². The van der Waals surface area contributed by atoms with Crippen LogP contribution in [0.2, 0.25) is 0 Å². The van der Waals surface area contributed by atoms with Crippen LogP contribution in [0, 0.1) is 0 Å². The number of carbonyl (C=O) groups excluding carboxylic acids is 1. The Hall–Kier alpha value is -2.17. The maximum atomic E-state index is 12.4. The average molecular weight is 273 g/mol. The molecule has 5 nitrogen and oxygen atoms in total. The van der Waals surface area contributed by atoms with Crippen LogP contribution in [0.4, 0.5) is 0 Å². The molecule has 0 saturated carbocycles. The maximum Gasteiger partial charge on any atom is 0.265 e. The van der Waals surface area contributed by atoms with Gasteiger partial charge in [0.15, 0.2) is 0 Å². The SMILES string of the molecule is CC[C@@H](C)NC(=O)c1cc2cccnc2n(CC)c1=O. The smallest absolute Gasteiger partial charge is 0.265 e. The second kappa shape index (κ2) is 5.86. The van der Waals surface area contributed by atoms with E-state index < -0.39 is 0 Å². The largest absolute Gasteiger partial charge is 0.349 e. The number of fused-ring (bicyclic) bond motifs is 1. The lowest BCUT2D eigenvalue weighted by Crippen LogP contribution is -2.37. The van der Waals surface area contributed by atoms with Crippen LogP contribution < -0.4 is 10.9 Å². The molecule has 0 fully saturated rings. The van der Waals surface area contributed by atoms with E-state index in [2.05, 4.69) is 10.3 Å². The number of nitrogens with zero attached hydrogens (tertiary/aromatic N) is 2. The predicted molar refractivity (Wildman–Crippen MR) is 78.9 cm³/mol. The van der Waals surface area contributed by atoms with Crippen molar-refractivity contribution >= 4 is 16.9 Å². The molecule has 5 heteroatoms. The molecule has 1 amide bonds. The average Bonchev–Trinajstić information content (AvgIpc) is 2.46. The molecule has 1 atom stereocenters. The fraction of sp³-hybridized carbons (Fsp3) is 0.400. The normalized spacial score (nSPS) is 12.3. The molecule has 0 aromatic carbocycles. The van der Waals surface area contributed by atoms with Crippen LogP contribution in [0.3, 0.4) is 0 Å². The zero-order valence-electron chi connectivity index (χ0n) is 12.0. The lowest BCUT2D eigenvalue weighted by Gasteiger charge is -2.13. The second-order valence-corrected chi connectivity index (χ2v) is 4.81. The van der Waals surface area contributed by atoms with Gasteiger partial charge in [0.05, 0.1) is 0 Å². The Bertz CT molecular complexity index is 691. The van der Waals surface area contributed by atoms with Gasteiger partial charge in [-0.05, 0) is 38.5 Å². The van der Waals surface area contributed by atoms with E-state index in [1.165, 1.54) is 4.57 Å². The Labute approximate surface area is 117 Å². The first-order valence-corrected chi connectivity index (χ1v) is 6.87. The Kier molecular flexibility index (Phi) is 4.17. The molecule has 20 heavy (non-hydrogen) atoms. The number of amides is 1. The van der Waals surface area contributed by atoms with E-state index in [0.29, 0.717) is 12.2 Å². The van der Waals surface area contributed by atoms with Crippen molar-refractivity contribution in [3.63, 3.8) is 0 Å². The van der Waals surface area contributed by atoms with Gasteiger partial charge in [-0.3, -0.25) is 14.2 Å². The van der Waals surface area contributed by atoms with Gasteiger partial charge in [-0.15, -0.1) is 0 Å². The van der Waals surface area contributed by atoms with Crippen molar-refractivity contribution < 1.29 is 4.79 Å². The minimum Gasteiger partial charge on any atom is -0.349 e. The van der Waals surface area contributed by atoms with Gasteiger partial charge in [0.25, 0.3) is 11.5 Å². The number of aromatic nitrogens is 2. The van der Waals surface area contributed by atoms with E-state index in [4.69, 9.17) is 0 Å². The Balaban J connectivity index is 2.57. The number of carbonyl (C=O) groups is 1. The molecular formula is C15H19N3O2. The van der Waals surface area contributed by atoms with Gasteiger partial charge in [-0.2, -0.15) is 0 Å². The second-order valence-electron chi connectivity index (χ2n) is 4.81. The van der Waals surface area contributed by atoms with Crippen LogP contribution in [0.15, 0.2) is 29.2 Å². The first kappa shape index (κ1) is 14.2. The Morgan fingerprint density at radius 3 is 2.85 bits per heavy atom. The Morgan fingerprint density at radius 1 is 1.45 bits per heavy atom. The van der Waals surface area contributed by atoms with Crippen molar-refractivity contribution in [1.82, 2.24) is 14.9 Å². The molecule has 0 aliphatic rings. The van der Waals surface area contributed by atoms with Crippen LogP contribution in [-0.2, 0) is 6.54 Å². The van der Waals surface area contributed by atoms with Crippen molar-refractivity contribution in [3.8, 4) is 0 Å². The van der Waals surface area contributed by atoms with Gasteiger partial charge in [-0.25, -0.2) is 4.98 Å². The summed E-state index contributed by atoms with van der Waals surface area (Å²) in [6.07, 6.45) is 2.47. The molecule has 1 N–H and O–H groups in total. The third-order valence-electron chi connectivity index (χ3n) is 3.40. The molecule has 2 aromatic heterocycles. The fourth-order valence-electron chi connectivity index (χ4n) is 2.07. The number of rotatable bonds is 4. The van der Waals surface area contributed by atoms with Crippen LogP contribution in [0.5, 0.6) is 0 Å². The molecule has 0 spiro atoms. The van der Waals surface area contributed by atoms with Crippen molar-refractivity contribution in [2.24, 2.45) is 0 Å². The molecule has 0 aliphatic carbocycles. The predicted octanol–water partition coefficient (Wildman–Crippen LogP) is 1.94. The number of pyridine rings is 2.